The van der Waals surface area contributed by atoms with E-state index in [1.165, 1.54) is 24.3 Å². The highest BCUT2D eigenvalue weighted by molar-refractivity contribution is 6.04. The number of piperidine rings is 1. The molecule has 2 aliphatic heterocycles. The number of amides is 1. The van der Waals surface area contributed by atoms with Crippen molar-refractivity contribution in [3.63, 3.8) is 0 Å². The number of aryl methyl sites for hydroxylation is 1. The van der Waals surface area contributed by atoms with Crippen LogP contribution in [0.4, 0.5) is 24.5 Å². The monoisotopic (exact) mass is 515 g/mol. The summed E-state index contributed by atoms with van der Waals surface area (Å²) in [6.45, 7) is 7.65. The zero-order valence-electron chi connectivity index (χ0n) is 21.1. The molecule has 2 saturated heterocycles. The summed E-state index contributed by atoms with van der Waals surface area (Å²) in [7, 11) is 2.12. The second kappa shape index (κ2) is 11.5. The summed E-state index contributed by atoms with van der Waals surface area (Å²) in [5.41, 5.74) is 9.36. The van der Waals surface area contributed by atoms with Gasteiger partial charge in [-0.1, -0.05) is 17.2 Å². The SMILES string of the molecule is Cc1ccc(C(=O)Nc2ccc(CN3CCC(N4CCN(C)CC4)CC3)c(C(F)(F)F)c2)cc1N=[N+]=[N-]. The van der Waals surface area contributed by atoms with Gasteiger partial charge in [-0.05, 0) is 80.8 Å². The Labute approximate surface area is 214 Å². The van der Waals surface area contributed by atoms with Crippen LogP contribution in [0.25, 0.3) is 10.4 Å². The number of benzene rings is 2. The highest BCUT2D eigenvalue weighted by Crippen LogP contribution is 2.35. The largest absolute Gasteiger partial charge is 0.416 e. The van der Waals surface area contributed by atoms with E-state index >= 15 is 0 Å². The van der Waals surface area contributed by atoms with Crippen molar-refractivity contribution in [3.8, 4) is 0 Å². The molecule has 2 aromatic rings. The normalized spacial score (nSPS) is 18.4. The Morgan fingerprint density at radius 3 is 2.43 bits per heavy atom. The van der Waals surface area contributed by atoms with E-state index in [4.69, 9.17) is 5.53 Å². The Bertz CT molecular complexity index is 1160. The molecule has 1 N–H and O–H groups in total. The van der Waals surface area contributed by atoms with Gasteiger partial charge in [-0.25, -0.2) is 0 Å². The number of hydrogen-bond acceptors (Lipinski definition) is 5. The number of azide groups is 1. The van der Waals surface area contributed by atoms with Crippen LogP contribution >= 0.6 is 0 Å². The second-order valence-corrected chi connectivity index (χ2v) is 9.86. The third-order valence-electron chi connectivity index (χ3n) is 7.30. The van der Waals surface area contributed by atoms with Crippen LogP contribution in [0.15, 0.2) is 41.5 Å². The van der Waals surface area contributed by atoms with Gasteiger partial charge in [0.1, 0.15) is 0 Å². The summed E-state index contributed by atoms with van der Waals surface area (Å²) in [5.74, 6) is -0.582. The number of piperazine rings is 1. The Kier molecular flexibility index (Phi) is 8.39. The number of anilines is 1. The molecule has 2 fully saturated rings. The smallest absolute Gasteiger partial charge is 0.322 e. The minimum absolute atomic E-state index is 0.0563. The van der Waals surface area contributed by atoms with E-state index < -0.39 is 17.6 Å². The van der Waals surface area contributed by atoms with E-state index in [1.54, 1.807) is 13.0 Å². The van der Waals surface area contributed by atoms with Crippen molar-refractivity contribution in [2.45, 2.75) is 38.5 Å². The molecule has 2 aromatic carbocycles. The fraction of sp³-hybridized carbons (Fsp3) is 0.500. The van der Waals surface area contributed by atoms with Gasteiger partial charge >= 0.3 is 6.18 Å². The lowest BCUT2D eigenvalue weighted by molar-refractivity contribution is -0.138. The number of carbonyl (C=O) groups excluding carboxylic acids is 1. The van der Waals surface area contributed by atoms with Crippen LogP contribution in [-0.2, 0) is 12.7 Å². The minimum atomic E-state index is -4.55. The molecule has 37 heavy (non-hydrogen) atoms. The molecule has 1 amide bonds. The molecule has 0 aromatic heterocycles. The van der Waals surface area contributed by atoms with Gasteiger partial charge in [0, 0.05) is 60.6 Å². The van der Waals surface area contributed by atoms with Crippen LogP contribution in [0, 0.1) is 6.92 Å². The minimum Gasteiger partial charge on any atom is -0.322 e. The van der Waals surface area contributed by atoms with Gasteiger partial charge in [0.25, 0.3) is 5.91 Å². The molecule has 0 saturated carbocycles. The van der Waals surface area contributed by atoms with Crippen molar-refractivity contribution in [3.05, 3.63) is 69.1 Å². The van der Waals surface area contributed by atoms with Gasteiger partial charge in [-0.15, -0.1) is 0 Å². The van der Waals surface area contributed by atoms with E-state index in [-0.39, 0.29) is 29.0 Å². The van der Waals surface area contributed by atoms with Crippen molar-refractivity contribution >= 4 is 17.3 Å². The highest BCUT2D eigenvalue weighted by Gasteiger charge is 2.35. The maximum absolute atomic E-state index is 14.0. The molecular weight excluding hydrogens is 483 g/mol. The standard InChI is InChI=1S/C26H32F3N7O/c1-18-3-4-19(15-24(18)32-33-30)25(37)31-21-6-5-20(23(16-21)26(27,28)29)17-35-9-7-22(8-10-35)36-13-11-34(2)12-14-36/h3-6,15-16,22H,7-14,17H2,1-2H3,(H,31,37). The number of likely N-dealkylation sites (N-methyl/N-ethyl adjacent to an activating group) is 1. The Hall–Kier alpha value is -3.11. The molecule has 198 valence electrons. The average molecular weight is 516 g/mol. The Morgan fingerprint density at radius 2 is 1.78 bits per heavy atom. The van der Waals surface area contributed by atoms with Crippen molar-refractivity contribution in [1.29, 1.82) is 0 Å². The van der Waals surface area contributed by atoms with Crippen molar-refractivity contribution in [2.24, 2.45) is 5.11 Å². The molecule has 0 bridgehead atoms. The number of likely N-dealkylation sites (tertiary alicyclic amines) is 1. The number of rotatable bonds is 6. The number of hydrogen-bond donors (Lipinski definition) is 1. The molecule has 4 rings (SSSR count). The summed E-state index contributed by atoms with van der Waals surface area (Å²) < 4.78 is 41.9. The van der Waals surface area contributed by atoms with Gasteiger partial charge in [0.05, 0.1) is 5.56 Å². The summed E-state index contributed by atoms with van der Waals surface area (Å²) in [6, 6.07) is 9.00. The first kappa shape index (κ1) is 26.9. The number of nitrogens with zero attached hydrogens (tertiary/aromatic N) is 6. The van der Waals surface area contributed by atoms with Gasteiger partial charge < -0.3 is 10.2 Å². The van der Waals surface area contributed by atoms with Crippen LogP contribution in [0.1, 0.15) is 39.9 Å². The number of carbonyl (C=O) groups is 1. The van der Waals surface area contributed by atoms with E-state index in [2.05, 4.69) is 37.1 Å². The maximum atomic E-state index is 14.0. The van der Waals surface area contributed by atoms with E-state index in [1.807, 2.05) is 0 Å². The molecule has 8 nitrogen and oxygen atoms in total. The third kappa shape index (κ3) is 6.81. The molecule has 0 aliphatic carbocycles. The molecule has 0 spiro atoms. The lowest BCUT2D eigenvalue weighted by Gasteiger charge is -2.42. The Morgan fingerprint density at radius 1 is 1.08 bits per heavy atom. The fourth-order valence-corrected chi connectivity index (χ4v) is 5.04. The van der Waals surface area contributed by atoms with E-state index in [9.17, 15) is 18.0 Å². The fourth-order valence-electron chi connectivity index (χ4n) is 5.04. The van der Waals surface area contributed by atoms with Gasteiger partial charge in [0.15, 0.2) is 0 Å². The van der Waals surface area contributed by atoms with Crippen molar-refractivity contribution in [1.82, 2.24) is 14.7 Å². The van der Waals surface area contributed by atoms with Crippen LogP contribution in [-0.4, -0.2) is 73.0 Å². The molecule has 0 unspecified atom stereocenters. The predicted molar refractivity (Wildman–Crippen MR) is 137 cm³/mol. The lowest BCUT2D eigenvalue weighted by Crippen LogP contribution is -2.52. The topological polar surface area (TPSA) is 87.6 Å². The average Bonchev–Trinajstić information content (AvgIpc) is 2.87. The second-order valence-electron chi connectivity index (χ2n) is 9.86. The molecule has 2 aliphatic rings. The third-order valence-corrected chi connectivity index (χ3v) is 7.30. The highest BCUT2D eigenvalue weighted by atomic mass is 19.4. The molecule has 0 atom stereocenters. The summed E-state index contributed by atoms with van der Waals surface area (Å²) in [5, 5.41) is 6.09. The van der Waals surface area contributed by atoms with Crippen LogP contribution in [0.5, 0.6) is 0 Å². The zero-order chi connectivity index (χ0) is 26.6. The zero-order valence-corrected chi connectivity index (χ0v) is 21.1. The predicted octanol–water partition coefficient (Wildman–Crippen LogP) is 5.42. The first-order valence-corrected chi connectivity index (χ1v) is 12.5. The van der Waals surface area contributed by atoms with Crippen LogP contribution < -0.4 is 5.32 Å². The lowest BCUT2D eigenvalue weighted by atomic mass is 10.00. The molecule has 2 heterocycles. The van der Waals surface area contributed by atoms with E-state index in [0.29, 0.717) is 11.6 Å². The first-order valence-electron chi connectivity index (χ1n) is 12.5. The quantitative estimate of drug-likeness (QED) is 0.316. The summed E-state index contributed by atoms with van der Waals surface area (Å²) >= 11 is 0. The van der Waals surface area contributed by atoms with E-state index in [0.717, 1.165) is 58.2 Å². The first-order chi connectivity index (χ1) is 17.6. The number of alkyl halides is 3. The van der Waals surface area contributed by atoms with Crippen molar-refractivity contribution < 1.29 is 18.0 Å². The van der Waals surface area contributed by atoms with Crippen molar-refractivity contribution in [2.75, 3.05) is 51.6 Å². The maximum Gasteiger partial charge on any atom is 0.416 e. The van der Waals surface area contributed by atoms with Gasteiger partial charge in [0.2, 0.25) is 0 Å². The number of nitrogens with one attached hydrogen (secondary N) is 1. The summed E-state index contributed by atoms with van der Waals surface area (Å²) in [6.07, 6.45) is -2.64. The van der Waals surface area contributed by atoms with Crippen LogP contribution in [0.2, 0.25) is 0 Å². The molecular formula is C26H32F3N7O. The van der Waals surface area contributed by atoms with Gasteiger partial charge in [-0.2, -0.15) is 13.2 Å². The number of halogens is 3. The molecule has 11 heteroatoms. The van der Waals surface area contributed by atoms with Gasteiger partial charge in [-0.3, -0.25) is 14.6 Å². The molecule has 0 radical (unpaired) electrons. The Balaban J connectivity index is 1.42. The van der Waals surface area contributed by atoms with Crippen LogP contribution in [0.3, 0.4) is 0 Å². The summed E-state index contributed by atoms with van der Waals surface area (Å²) in [4.78, 5) is 22.3.